The first-order valence-corrected chi connectivity index (χ1v) is 6.22. The van der Waals surface area contributed by atoms with Crippen molar-refractivity contribution in [3.63, 3.8) is 0 Å². The number of hydrogen-bond acceptors (Lipinski definition) is 2. The fourth-order valence-corrected chi connectivity index (χ4v) is 2.09. The number of rotatable bonds is 4. The lowest BCUT2D eigenvalue weighted by atomic mass is 10.1. The van der Waals surface area contributed by atoms with Crippen LogP contribution in [0.25, 0.3) is 0 Å². The van der Waals surface area contributed by atoms with Gasteiger partial charge >= 0.3 is 12.1 Å². The molecule has 1 aromatic rings. The minimum absolute atomic E-state index is 0.0115. The fourth-order valence-electron chi connectivity index (χ4n) is 2.09. The molecule has 1 aliphatic rings. The molecule has 2 rings (SSSR count). The van der Waals surface area contributed by atoms with Crippen molar-refractivity contribution in [3.8, 4) is 5.75 Å². The summed E-state index contributed by atoms with van der Waals surface area (Å²) >= 11 is 0. The maximum Gasteiger partial charge on any atom is 0.458 e. The van der Waals surface area contributed by atoms with Crippen LogP contribution in [0.3, 0.4) is 0 Å². The molecule has 1 fully saturated rings. The molecule has 1 aromatic carbocycles. The summed E-state index contributed by atoms with van der Waals surface area (Å²) in [6, 6.07) is 4.36. The highest BCUT2D eigenvalue weighted by molar-refractivity contribution is 5.37. The molecule has 0 bridgehead atoms. The van der Waals surface area contributed by atoms with E-state index < -0.39 is 23.4 Å². The number of halogens is 5. The molecule has 2 nitrogen and oxygen atoms in total. The van der Waals surface area contributed by atoms with Gasteiger partial charge in [-0.3, -0.25) is 0 Å². The first kappa shape index (κ1) is 15.0. The second-order valence-electron chi connectivity index (χ2n) is 4.67. The van der Waals surface area contributed by atoms with Gasteiger partial charge in [-0.2, -0.15) is 22.0 Å². The summed E-state index contributed by atoms with van der Waals surface area (Å²) in [5.41, 5.74) is -1.15. The van der Waals surface area contributed by atoms with Gasteiger partial charge in [-0.15, -0.1) is 0 Å². The van der Waals surface area contributed by atoms with Crippen molar-refractivity contribution in [1.82, 2.24) is 5.32 Å². The molecule has 0 saturated carbocycles. The molecule has 1 aliphatic heterocycles. The van der Waals surface area contributed by atoms with Crippen LogP contribution >= 0.6 is 0 Å². The highest BCUT2D eigenvalue weighted by atomic mass is 19.4. The van der Waals surface area contributed by atoms with E-state index in [-0.39, 0.29) is 12.6 Å². The van der Waals surface area contributed by atoms with Gasteiger partial charge in [0.05, 0.1) is 5.56 Å². The minimum atomic E-state index is -5.64. The van der Waals surface area contributed by atoms with E-state index in [0.717, 1.165) is 37.6 Å². The highest BCUT2D eigenvalue weighted by Crippen LogP contribution is 2.46. The van der Waals surface area contributed by atoms with Crippen molar-refractivity contribution in [2.24, 2.45) is 0 Å². The van der Waals surface area contributed by atoms with Gasteiger partial charge in [0.15, 0.2) is 0 Å². The SMILES string of the molecule is FC(F)(F)C(F)(F)c1ccccc1OC[C@@H]1CCCN1. The maximum absolute atomic E-state index is 13.4. The Bertz CT molecular complexity index is 454. The summed E-state index contributed by atoms with van der Waals surface area (Å²) in [7, 11) is 0. The zero-order valence-electron chi connectivity index (χ0n) is 10.5. The molecule has 1 N–H and O–H groups in total. The summed E-state index contributed by atoms with van der Waals surface area (Å²) in [5, 5.41) is 3.08. The molecular formula is C13H14F5NO. The Hall–Kier alpha value is -1.37. The van der Waals surface area contributed by atoms with Crippen molar-refractivity contribution >= 4 is 0 Å². The van der Waals surface area contributed by atoms with Crippen LogP contribution < -0.4 is 10.1 Å². The second-order valence-corrected chi connectivity index (χ2v) is 4.67. The lowest BCUT2D eigenvalue weighted by Gasteiger charge is -2.23. The van der Waals surface area contributed by atoms with Gasteiger partial charge in [0.25, 0.3) is 0 Å². The van der Waals surface area contributed by atoms with E-state index in [0.29, 0.717) is 0 Å². The Morgan fingerprint density at radius 1 is 1.15 bits per heavy atom. The lowest BCUT2D eigenvalue weighted by Crippen LogP contribution is -2.34. The third-order valence-corrected chi connectivity index (χ3v) is 3.18. The molecule has 0 aromatic heterocycles. The topological polar surface area (TPSA) is 21.3 Å². The maximum atomic E-state index is 13.4. The Morgan fingerprint density at radius 3 is 2.45 bits per heavy atom. The predicted molar refractivity (Wildman–Crippen MR) is 62.9 cm³/mol. The molecule has 0 unspecified atom stereocenters. The Labute approximate surface area is 112 Å². The summed E-state index contributed by atoms with van der Waals surface area (Å²) < 4.78 is 69.2. The standard InChI is InChI=1S/C13H14F5NO/c14-12(15,13(16,17)18)10-5-1-2-6-11(10)20-8-9-4-3-7-19-9/h1-2,5-6,9,19H,3-4,7-8H2/t9-/m0/s1. The van der Waals surface area contributed by atoms with Crippen molar-refractivity contribution in [2.75, 3.05) is 13.2 Å². The monoisotopic (exact) mass is 295 g/mol. The number of benzene rings is 1. The molecule has 1 atom stereocenters. The van der Waals surface area contributed by atoms with E-state index in [1.165, 1.54) is 6.07 Å². The molecule has 7 heteroatoms. The first-order chi connectivity index (χ1) is 9.32. The molecule has 0 spiro atoms. The van der Waals surface area contributed by atoms with E-state index in [4.69, 9.17) is 4.74 Å². The van der Waals surface area contributed by atoms with E-state index >= 15 is 0 Å². The molecule has 1 saturated heterocycles. The average molecular weight is 295 g/mol. The van der Waals surface area contributed by atoms with Crippen LogP contribution in [-0.2, 0) is 5.92 Å². The van der Waals surface area contributed by atoms with Crippen molar-refractivity contribution in [3.05, 3.63) is 29.8 Å². The van der Waals surface area contributed by atoms with Crippen LogP contribution in [0.5, 0.6) is 5.75 Å². The number of para-hydroxylation sites is 1. The Morgan fingerprint density at radius 2 is 1.85 bits per heavy atom. The fraction of sp³-hybridized carbons (Fsp3) is 0.538. The van der Waals surface area contributed by atoms with Gasteiger partial charge in [0.2, 0.25) is 0 Å². The first-order valence-electron chi connectivity index (χ1n) is 6.22. The zero-order chi connectivity index (χ0) is 14.8. The summed E-state index contributed by atoms with van der Waals surface area (Å²) in [5.74, 6) is -5.35. The van der Waals surface area contributed by atoms with Gasteiger partial charge in [-0.25, -0.2) is 0 Å². The van der Waals surface area contributed by atoms with Crippen LogP contribution in [0.15, 0.2) is 24.3 Å². The van der Waals surface area contributed by atoms with Crippen LogP contribution in [-0.4, -0.2) is 25.4 Å². The third-order valence-electron chi connectivity index (χ3n) is 3.18. The van der Waals surface area contributed by atoms with Crippen molar-refractivity contribution in [1.29, 1.82) is 0 Å². The lowest BCUT2D eigenvalue weighted by molar-refractivity contribution is -0.289. The van der Waals surface area contributed by atoms with Crippen molar-refractivity contribution < 1.29 is 26.7 Å². The van der Waals surface area contributed by atoms with Crippen LogP contribution in [0, 0.1) is 0 Å². The van der Waals surface area contributed by atoms with E-state index in [1.54, 1.807) is 0 Å². The minimum Gasteiger partial charge on any atom is -0.491 e. The van der Waals surface area contributed by atoms with E-state index in [2.05, 4.69) is 5.32 Å². The van der Waals surface area contributed by atoms with Crippen molar-refractivity contribution in [2.45, 2.75) is 31.0 Å². The summed E-state index contributed by atoms with van der Waals surface area (Å²) in [4.78, 5) is 0. The number of hydrogen-bond donors (Lipinski definition) is 1. The quantitative estimate of drug-likeness (QED) is 0.859. The largest absolute Gasteiger partial charge is 0.491 e. The smallest absolute Gasteiger partial charge is 0.458 e. The van der Waals surface area contributed by atoms with Crippen LogP contribution in [0.2, 0.25) is 0 Å². The van der Waals surface area contributed by atoms with Gasteiger partial charge < -0.3 is 10.1 Å². The number of nitrogens with one attached hydrogen (secondary N) is 1. The van der Waals surface area contributed by atoms with Crippen LogP contribution in [0.4, 0.5) is 22.0 Å². The van der Waals surface area contributed by atoms with E-state index in [1.807, 2.05) is 0 Å². The molecule has 112 valence electrons. The van der Waals surface area contributed by atoms with E-state index in [9.17, 15) is 22.0 Å². The number of ether oxygens (including phenoxy) is 1. The molecule has 0 aliphatic carbocycles. The van der Waals surface area contributed by atoms with Gasteiger partial charge in [0, 0.05) is 6.04 Å². The van der Waals surface area contributed by atoms with Gasteiger partial charge in [-0.1, -0.05) is 12.1 Å². The Balaban J connectivity index is 2.17. The Kier molecular flexibility index (Phi) is 4.17. The number of alkyl halides is 5. The third kappa shape index (κ3) is 3.03. The predicted octanol–water partition coefficient (Wildman–Crippen LogP) is 3.47. The van der Waals surface area contributed by atoms with Gasteiger partial charge in [0.1, 0.15) is 12.4 Å². The van der Waals surface area contributed by atoms with Crippen LogP contribution in [0.1, 0.15) is 18.4 Å². The highest BCUT2D eigenvalue weighted by Gasteiger charge is 2.60. The normalized spacial score (nSPS) is 20.1. The average Bonchev–Trinajstić information content (AvgIpc) is 2.88. The second kappa shape index (κ2) is 5.55. The summed E-state index contributed by atoms with van der Waals surface area (Å²) in [6.45, 7) is 0.874. The molecule has 0 amide bonds. The molecular weight excluding hydrogens is 281 g/mol. The summed E-state index contributed by atoms with van der Waals surface area (Å²) in [6.07, 6.45) is -3.88. The van der Waals surface area contributed by atoms with Gasteiger partial charge in [-0.05, 0) is 31.5 Å². The molecule has 0 radical (unpaired) electrons. The molecule has 20 heavy (non-hydrogen) atoms. The zero-order valence-corrected chi connectivity index (χ0v) is 10.5. The molecule has 1 heterocycles.